The van der Waals surface area contributed by atoms with Crippen LogP contribution >= 0.6 is 78.3 Å². The van der Waals surface area contributed by atoms with Crippen LogP contribution in [0.5, 0.6) is 11.5 Å². The zero-order valence-electron chi connectivity index (χ0n) is 14.2. The number of hydrogen-bond donors (Lipinski definition) is 0. The molecule has 0 aromatic heterocycles. The summed E-state index contributed by atoms with van der Waals surface area (Å²) in [6.45, 7) is 3.43. The Labute approximate surface area is 197 Å². The Bertz CT molecular complexity index is 723. The van der Waals surface area contributed by atoms with Gasteiger partial charge in [-0.05, 0) is 49.2 Å². The van der Waals surface area contributed by atoms with E-state index in [0.717, 1.165) is 27.5 Å². The minimum Gasteiger partial charge on any atom is -0.489 e. The van der Waals surface area contributed by atoms with Crippen molar-refractivity contribution in [3.63, 3.8) is 0 Å². The van der Waals surface area contributed by atoms with Gasteiger partial charge in [-0.3, -0.25) is 0 Å². The molecule has 27 heavy (non-hydrogen) atoms. The normalized spacial score (nSPS) is 12.1. The lowest BCUT2D eigenvalue weighted by Crippen LogP contribution is -1.95. The Hall–Kier alpha value is -0.100. The Morgan fingerprint density at radius 1 is 0.926 bits per heavy atom. The van der Waals surface area contributed by atoms with Crippen molar-refractivity contribution in [2.24, 2.45) is 0 Å². The smallest absolute Gasteiger partial charge is 0.145 e. The van der Waals surface area contributed by atoms with Gasteiger partial charge in [0.05, 0.1) is 22.4 Å². The molecule has 0 saturated heterocycles. The summed E-state index contributed by atoms with van der Waals surface area (Å²) in [5.41, 5.74) is 0. The SMILES string of the molecule is C=COc1ccc(Br)cc1Cl.ClCCCl.Clc1cc(Br)ccc1OC1CC1. The summed E-state index contributed by atoms with van der Waals surface area (Å²) in [6, 6.07) is 11.1. The van der Waals surface area contributed by atoms with Crippen LogP contribution in [-0.4, -0.2) is 17.9 Å². The van der Waals surface area contributed by atoms with Gasteiger partial charge in [0, 0.05) is 20.7 Å². The number of hydrogen-bond acceptors (Lipinski definition) is 2. The molecule has 0 radical (unpaired) electrons. The maximum absolute atomic E-state index is 5.95. The highest BCUT2D eigenvalue weighted by molar-refractivity contribution is 9.10. The van der Waals surface area contributed by atoms with Crippen LogP contribution in [0.25, 0.3) is 0 Å². The van der Waals surface area contributed by atoms with E-state index >= 15 is 0 Å². The van der Waals surface area contributed by atoms with Crippen LogP contribution < -0.4 is 9.47 Å². The molecule has 148 valence electrons. The van der Waals surface area contributed by atoms with Crippen LogP contribution in [0, 0.1) is 0 Å². The van der Waals surface area contributed by atoms with Gasteiger partial charge in [-0.2, -0.15) is 0 Å². The van der Waals surface area contributed by atoms with Gasteiger partial charge in [0.15, 0.2) is 0 Å². The summed E-state index contributed by atoms with van der Waals surface area (Å²) in [7, 11) is 0. The fourth-order valence-electron chi connectivity index (χ4n) is 1.60. The Morgan fingerprint density at radius 2 is 1.41 bits per heavy atom. The highest BCUT2D eigenvalue weighted by Gasteiger charge is 2.24. The zero-order chi connectivity index (χ0) is 20.2. The number of benzene rings is 2. The maximum Gasteiger partial charge on any atom is 0.145 e. The molecule has 3 rings (SSSR count). The molecule has 0 bridgehead atoms. The van der Waals surface area contributed by atoms with Gasteiger partial charge in [0.2, 0.25) is 0 Å². The van der Waals surface area contributed by atoms with Crippen LogP contribution in [0.1, 0.15) is 12.8 Å². The quantitative estimate of drug-likeness (QED) is 0.260. The highest BCUT2D eigenvalue weighted by atomic mass is 79.9. The first kappa shape index (κ1) is 24.9. The molecule has 0 amide bonds. The molecule has 0 heterocycles. The first-order chi connectivity index (χ1) is 12.9. The molecule has 2 aromatic rings. The minimum atomic E-state index is 0.406. The molecule has 0 aliphatic heterocycles. The molecule has 2 nitrogen and oxygen atoms in total. The molecule has 1 aliphatic rings. The summed E-state index contributed by atoms with van der Waals surface area (Å²) in [4.78, 5) is 0. The van der Waals surface area contributed by atoms with Crippen molar-refractivity contribution >= 4 is 78.3 Å². The molecule has 0 atom stereocenters. The van der Waals surface area contributed by atoms with Crippen LogP contribution in [-0.2, 0) is 0 Å². The van der Waals surface area contributed by atoms with Crippen LogP contribution in [0.4, 0.5) is 0 Å². The van der Waals surface area contributed by atoms with Crippen molar-refractivity contribution in [1.29, 1.82) is 0 Å². The predicted molar refractivity (Wildman–Crippen MR) is 124 cm³/mol. The van der Waals surface area contributed by atoms with E-state index in [1.54, 1.807) is 12.1 Å². The Balaban J connectivity index is 0.000000227. The largest absolute Gasteiger partial charge is 0.489 e. The molecule has 2 aromatic carbocycles. The molecule has 1 fully saturated rings. The van der Waals surface area contributed by atoms with Gasteiger partial charge in [-0.25, -0.2) is 0 Å². The number of rotatable bonds is 5. The standard InChI is InChI=1S/C9H8BrClO.C8H6BrClO.C2H4Cl2/c10-6-1-4-9(8(11)5-6)12-7-2-3-7;1-2-11-8-4-3-6(9)5-7(8)10;3-1-2-4/h1,4-5,7H,2-3H2;2-5H,1H2;1-2H2. The molecule has 0 spiro atoms. The lowest BCUT2D eigenvalue weighted by atomic mass is 10.3. The van der Waals surface area contributed by atoms with Crippen molar-refractivity contribution in [3.8, 4) is 11.5 Å². The van der Waals surface area contributed by atoms with E-state index in [0.29, 0.717) is 33.7 Å². The second kappa shape index (κ2) is 14.0. The lowest BCUT2D eigenvalue weighted by molar-refractivity contribution is 0.303. The Kier molecular flexibility index (Phi) is 12.9. The van der Waals surface area contributed by atoms with E-state index < -0.39 is 0 Å². The third-order valence-electron chi connectivity index (χ3n) is 2.89. The zero-order valence-corrected chi connectivity index (χ0v) is 20.4. The third kappa shape index (κ3) is 10.9. The minimum absolute atomic E-state index is 0.406. The van der Waals surface area contributed by atoms with Crippen molar-refractivity contribution in [2.75, 3.05) is 11.8 Å². The summed E-state index contributed by atoms with van der Waals surface area (Å²) in [5, 5.41) is 1.25. The van der Waals surface area contributed by atoms with Gasteiger partial charge >= 0.3 is 0 Å². The van der Waals surface area contributed by atoms with Crippen molar-refractivity contribution in [2.45, 2.75) is 18.9 Å². The molecular weight excluding hydrogens is 562 g/mol. The summed E-state index contributed by atoms with van der Waals surface area (Å²) >= 11 is 28.5. The summed E-state index contributed by atoms with van der Waals surface area (Å²) < 4.78 is 12.5. The molecule has 0 N–H and O–H groups in total. The third-order valence-corrected chi connectivity index (χ3v) is 5.04. The topological polar surface area (TPSA) is 18.5 Å². The number of ether oxygens (including phenoxy) is 2. The van der Waals surface area contributed by atoms with Gasteiger partial charge in [-0.1, -0.05) is 61.6 Å². The van der Waals surface area contributed by atoms with E-state index in [-0.39, 0.29) is 0 Å². The van der Waals surface area contributed by atoms with Crippen LogP contribution in [0.2, 0.25) is 10.0 Å². The molecule has 8 heteroatoms. The maximum atomic E-state index is 5.95. The monoisotopic (exact) mass is 576 g/mol. The lowest BCUT2D eigenvalue weighted by Gasteiger charge is -2.05. The fourth-order valence-corrected chi connectivity index (χ4v) is 3.03. The first-order valence-electron chi connectivity index (χ1n) is 7.87. The number of halogens is 6. The van der Waals surface area contributed by atoms with Crippen LogP contribution in [0.3, 0.4) is 0 Å². The Morgan fingerprint density at radius 3 is 1.78 bits per heavy atom. The summed E-state index contributed by atoms with van der Waals surface area (Å²) in [5.74, 6) is 2.52. The van der Waals surface area contributed by atoms with Crippen molar-refractivity contribution < 1.29 is 9.47 Å². The fraction of sp³-hybridized carbons (Fsp3) is 0.263. The molecule has 0 unspecified atom stereocenters. The summed E-state index contributed by atoms with van der Waals surface area (Å²) in [6.07, 6.45) is 4.07. The van der Waals surface area contributed by atoms with Gasteiger partial charge in [0.1, 0.15) is 11.5 Å². The molecule has 1 saturated carbocycles. The van der Waals surface area contributed by atoms with Crippen molar-refractivity contribution in [1.82, 2.24) is 0 Å². The second-order valence-electron chi connectivity index (χ2n) is 5.13. The van der Waals surface area contributed by atoms with Gasteiger partial charge in [0.25, 0.3) is 0 Å². The van der Waals surface area contributed by atoms with Crippen LogP contribution in [0.15, 0.2) is 58.2 Å². The first-order valence-corrected chi connectivity index (χ1v) is 11.3. The average Bonchev–Trinajstić information content (AvgIpc) is 3.45. The van der Waals surface area contributed by atoms with Gasteiger partial charge in [-0.15, -0.1) is 23.2 Å². The van der Waals surface area contributed by atoms with E-state index in [4.69, 9.17) is 55.9 Å². The number of alkyl halides is 2. The van der Waals surface area contributed by atoms with Crippen molar-refractivity contribution in [3.05, 3.63) is 68.2 Å². The average molecular weight is 580 g/mol. The second-order valence-corrected chi connectivity index (χ2v) is 8.53. The highest BCUT2D eigenvalue weighted by Crippen LogP contribution is 2.33. The molecular formula is C19H18Br2Cl4O2. The van der Waals surface area contributed by atoms with Gasteiger partial charge < -0.3 is 9.47 Å². The van der Waals surface area contributed by atoms with E-state index in [2.05, 4.69) is 38.4 Å². The van der Waals surface area contributed by atoms with E-state index in [9.17, 15) is 0 Å². The molecule has 1 aliphatic carbocycles. The predicted octanol–water partition coefficient (Wildman–Crippen LogP) is 8.73. The van der Waals surface area contributed by atoms with E-state index in [1.165, 1.54) is 6.26 Å². The van der Waals surface area contributed by atoms with E-state index in [1.807, 2.05) is 24.3 Å².